The number of aryl methyl sites for hydroxylation is 1. The van der Waals surface area contributed by atoms with E-state index in [2.05, 4.69) is 20.2 Å². The number of aliphatic carboxylic acids is 1. The third kappa shape index (κ3) is 3.46. The molecule has 0 saturated heterocycles. The normalized spacial score (nSPS) is 16.8. The van der Waals surface area contributed by atoms with Gasteiger partial charge in [0.05, 0.1) is 5.71 Å². The molecule has 0 saturated carbocycles. The average Bonchev–Trinajstić information content (AvgIpc) is 3.45. The minimum Gasteiger partial charge on any atom is -0.480 e. The van der Waals surface area contributed by atoms with Crippen LogP contribution in [0.2, 0.25) is 0 Å². The number of pyridine rings is 1. The van der Waals surface area contributed by atoms with Crippen molar-refractivity contribution in [3.05, 3.63) is 74.8 Å². The van der Waals surface area contributed by atoms with Crippen molar-refractivity contribution >= 4 is 34.2 Å². The van der Waals surface area contributed by atoms with Gasteiger partial charge >= 0.3 is 5.97 Å². The van der Waals surface area contributed by atoms with E-state index in [1.165, 1.54) is 15.7 Å². The lowest BCUT2D eigenvalue weighted by molar-refractivity contribution is -0.141. The van der Waals surface area contributed by atoms with Gasteiger partial charge in [0.15, 0.2) is 11.9 Å². The lowest BCUT2D eigenvalue weighted by Crippen LogP contribution is -2.34. The second-order valence-corrected chi connectivity index (χ2v) is 8.13. The molecule has 3 aromatic heterocycles. The third-order valence-corrected chi connectivity index (χ3v) is 5.93. The Morgan fingerprint density at radius 1 is 1.16 bits per heavy atom. The van der Waals surface area contributed by atoms with E-state index >= 15 is 0 Å². The maximum Gasteiger partial charge on any atom is 0.328 e. The highest BCUT2D eigenvalue weighted by atomic mass is 32.1. The number of fused-ring (bicyclic) bond motifs is 1. The first-order valence-electron chi connectivity index (χ1n) is 9.47. The van der Waals surface area contributed by atoms with Gasteiger partial charge in [0.2, 0.25) is 4.96 Å². The van der Waals surface area contributed by atoms with Crippen LogP contribution in [0.3, 0.4) is 0 Å². The smallest absolute Gasteiger partial charge is 0.328 e. The van der Waals surface area contributed by atoms with Crippen molar-refractivity contribution in [1.29, 1.82) is 0 Å². The SMILES string of the molecule is Cc1ccc(C2=NN(/C=c3\sc4nc(-c5ccncc5)nn4c3=O)[C@H](C(=O)O)C2)cc1. The number of carboxylic acids is 1. The summed E-state index contributed by atoms with van der Waals surface area (Å²) in [7, 11) is 0. The van der Waals surface area contributed by atoms with Crippen LogP contribution in [0.4, 0.5) is 0 Å². The molecule has 10 heteroatoms. The zero-order valence-corrected chi connectivity index (χ0v) is 17.2. The predicted molar refractivity (Wildman–Crippen MR) is 116 cm³/mol. The number of aromatic nitrogens is 4. The van der Waals surface area contributed by atoms with Gasteiger partial charge < -0.3 is 5.11 Å². The second kappa shape index (κ2) is 7.40. The van der Waals surface area contributed by atoms with Gasteiger partial charge in [0.1, 0.15) is 4.53 Å². The van der Waals surface area contributed by atoms with Crippen LogP contribution < -0.4 is 10.1 Å². The Hall–Kier alpha value is -3.92. The molecule has 9 nitrogen and oxygen atoms in total. The number of carbonyl (C=O) groups is 1. The van der Waals surface area contributed by atoms with E-state index < -0.39 is 12.0 Å². The summed E-state index contributed by atoms with van der Waals surface area (Å²) in [5.74, 6) is -0.574. The number of hydrazone groups is 1. The molecule has 5 rings (SSSR count). The molecule has 0 spiro atoms. The molecule has 0 amide bonds. The highest BCUT2D eigenvalue weighted by Crippen LogP contribution is 2.21. The summed E-state index contributed by atoms with van der Waals surface area (Å²) in [5.41, 5.74) is 3.02. The lowest BCUT2D eigenvalue weighted by Gasteiger charge is -2.14. The first-order valence-corrected chi connectivity index (χ1v) is 10.3. The summed E-state index contributed by atoms with van der Waals surface area (Å²) in [6, 6.07) is 10.4. The Bertz CT molecular complexity index is 1430. The summed E-state index contributed by atoms with van der Waals surface area (Å²) in [4.78, 5) is 33.4. The number of nitrogens with zero attached hydrogens (tertiary/aromatic N) is 6. The van der Waals surface area contributed by atoms with Crippen molar-refractivity contribution in [1.82, 2.24) is 24.6 Å². The standard InChI is InChI=1S/C21H16N6O3S/c1-12-2-4-13(5-3-12)15-10-16(20(29)30)26(24-15)11-17-19(28)27-21(31-17)23-18(25-27)14-6-8-22-9-7-14/h2-9,11,16H,10H2,1H3,(H,29,30)/b17-11-/t16-/m0/s1. The first-order chi connectivity index (χ1) is 15.0. The van der Waals surface area contributed by atoms with Crippen molar-refractivity contribution in [3.8, 4) is 11.4 Å². The fourth-order valence-corrected chi connectivity index (χ4v) is 4.21. The van der Waals surface area contributed by atoms with E-state index in [0.29, 0.717) is 21.0 Å². The van der Waals surface area contributed by atoms with E-state index in [0.717, 1.165) is 28.0 Å². The lowest BCUT2D eigenvalue weighted by atomic mass is 10.0. The minimum absolute atomic E-state index is 0.246. The molecule has 0 aliphatic carbocycles. The number of hydrogen-bond donors (Lipinski definition) is 1. The van der Waals surface area contributed by atoms with Crippen LogP contribution in [0.15, 0.2) is 58.7 Å². The molecule has 1 aromatic carbocycles. The molecule has 4 aromatic rings. The largest absolute Gasteiger partial charge is 0.480 e. The van der Waals surface area contributed by atoms with Gasteiger partial charge in [0, 0.05) is 30.6 Å². The number of rotatable bonds is 4. The van der Waals surface area contributed by atoms with Crippen molar-refractivity contribution in [2.24, 2.45) is 5.10 Å². The number of thiazole rings is 1. The average molecular weight is 432 g/mol. The maximum absolute atomic E-state index is 12.8. The van der Waals surface area contributed by atoms with Gasteiger partial charge in [-0.15, -0.1) is 5.10 Å². The van der Waals surface area contributed by atoms with Gasteiger partial charge in [-0.05, 0) is 24.6 Å². The quantitative estimate of drug-likeness (QED) is 0.520. The number of carboxylic acid groups (broad SMARTS) is 1. The number of hydrogen-bond acceptors (Lipinski definition) is 8. The van der Waals surface area contributed by atoms with Crippen molar-refractivity contribution in [3.63, 3.8) is 0 Å². The van der Waals surface area contributed by atoms with Crippen LogP contribution in [0.25, 0.3) is 22.5 Å². The molecule has 1 atom stereocenters. The van der Waals surface area contributed by atoms with Crippen molar-refractivity contribution in [2.45, 2.75) is 19.4 Å². The van der Waals surface area contributed by atoms with E-state index in [-0.39, 0.29) is 12.0 Å². The van der Waals surface area contributed by atoms with Gasteiger partial charge in [-0.1, -0.05) is 41.2 Å². The first kappa shape index (κ1) is 19.1. The Morgan fingerprint density at radius 3 is 2.58 bits per heavy atom. The minimum atomic E-state index is -1.01. The molecular formula is C21H16N6O3S. The zero-order chi connectivity index (χ0) is 21.5. The zero-order valence-electron chi connectivity index (χ0n) is 16.3. The molecule has 0 fully saturated rings. The molecular weight excluding hydrogens is 416 g/mol. The molecule has 1 aliphatic heterocycles. The summed E-state index contributed by atoms with van der Waals surface area (Å²) < 4.78 is 1.54. The molecule has 0 radical (unpaired) electrons. The van der Waals surface area contributed by atoms with Gasteiger partial charge in [-0.2, -0.15) is 14.6 Å². The van der Waals surface area contributed by atoms with Gasteiger partial charge in [-0.25, -0.2) is 4.79 Å². The van der Waals surface area contributed by atoms with Crippen molar-refractivity contribution < 1.29 is 9.90 Å². The van der Waals surface area contributed by atoms with Crippen LogP contribution >= 0.6 is 11.3 Å². The Balaban J connectivity index is 1.54. The van der Waals surface area contributed by atoms with Crippen LogP contribution in [-0.4, -0.2) is 47.4 Å². The molecule has 1 N–H and O–H groups in total. The molecule has 31 heavy (non-hydrogen) atoms. The molecule has 1 aliphatic rings. The third-order valence-electron chi connectivity index (χ3n) is 4.98. The summed E-state index contributed by atoms with van der Waals surface area (Å²) >= 11 is 1.14. The molecule has 0 bridgehead atoms. The highest BCUT2D eigenvalue weighted by molar-refractivity contribution is 7.15. The predicted octanol–water partition coefficient (Wildman–Crippen LogP) is 1.54. The van der Waals surface area contributed by atoms with E-state index in [1.54, 1.807) is 24.5 Å². The monoisotopic (exact) mass is 432 g/mol. The van der Waals surface area contributed by atoms with E-state index in [9.17, 15) is 14.7 Å². The number of benzene rings is 1. The topological polar surface area (TPSA) is 113 Å². The van der Waals surface area contributed by atoms with Crippen LogP contribution in [0.5, 0.6) is 0 Å². The van der Waals surface area contributed by atoms with Crippen LogP contribution in [-0.2, 0) is 4.79 Å². The van der Waals surface area contributed by atoms with Crippen molar-refractivity contribution in [2.75, 3.05) is 0 Å². The fraction of sp³-hybridized carbons (Fsp3) is 0.143. The van der Waals surface area contributed by atoms with Gasteiger partial charge in [-0.3, -0.25) is 14.8 Å². The summed E-state index contributed by atoms with van der Waals surface area (Å²) in [5, 5.41) is 19.8. The van der Waals surface area contributed by atoms with Gasteiger partial charge in [0.25, 0.3) is 5.56 Å². The highest BCUT2D eigenvalue weighted by Gasteiger charge is 2.32. The fourth-order valence-electron chi connectivity index (χ4n) is 3.33. The Morgan fingerprint density at radius 2 is 1.90 bits per heavy atom. The second-order valence-electron chi connectivity index (χ2n) is 7.12. The molecule has 4 heterocycles. The van der Waals surface area contributed by atoms with Crippen LogP contribution in [0, 0.1) is 6.92 Å². The van der Waals surface area contributed by atoms with Crippen LogP contribution in [0.1, 0.15) is 17.5 Å². The molecule has 154 valence electrons. The molecule has 0 unspecified atom stereocenters. The maximum atomic E-state index is 12.8. The Kier molecular flexibility index (Phi) is 4.55. The summed E-state index contributed by atoms with van der Waals surface area (Å²) in [6.07, 6.45) is 4.97. The summed E-state index contributed by atoms with van der Waals surface area (Å²) in [6.45, 7) is 1.98. The Labute approximate surface area is 179 Å². The van der Waals surface area contributed by atoms with E-state index in [1.807, 2.05) is 31.2 Å². The van der Waals surface area contributed by atoms with E-state index in [4.69, 9.17) is 0 Å².